The average Bonchev–Trinajstić information content (AvgIpc) is 2.86. The van der Waals surface area contributed by atoms with Crippen LogP contribution in [0.4, 0.5) is 0 Å². The number of benzene rings is 1. The minimum absolute atomic E-state index is 0.468. The van der Waals surface area contributed by atoms with E-state index in [0.29, 0.717) is 18.7 Å². The molecule has 0 spiro atoms. The van der Waals surface area contributed by atoms with E-state index in [2.05, 4.69) is 11.2 Å². The van der Waals surface area contributed by atoms with Crippen LogP contribution < -0.4 is 10.5 Å². The lowest BCUT2D eigenvalue weighted by Crippen LogP contribution is -2.03. The van der Waals surface area contributed by atoms with Gasteiger partial charge in [0.15, 0.2) is 0 Å². The van der Waals surface area contributed by atoms with Gasteiger partial charge < -0.3 is 10.5 Å². The first-order valence-electron chi connectivity index (χ1n) is 5.55. The van der Waals surface area contributed by atoms with Gasteiger partial charge in [-0.2, -0.15) is 10.4 Å². The van der Waals surface area contributed by atoms with E-state index < -0.39 is 0 Å². The van der Waals surface area contributed by atoms with Crippen LogP contribution in [0.1, 0.15) is 16.7 Å². The molecule has 0 aliphatic heterocycles. The standard InChI is InChI=1S/C13H14N4O/c1-18-13-3-2-10(5-14)4-12(13)9-17-8-11(6-15)7-16-17/h2-4,7-8H,6,9,15H2,1H3. The molecule has 0 atom stereocenters. The Bertz CT molecular complexity index is 583. The number of methoxy groups -OCH3 is 1. The Morgan fingerprint density at radius 2 is 2.33 bits per heavy atom. The third-order valence-corrected chi connectivity index (χ3v) is 2.66. The summed E-state index contributed by atoms with van der Waals surface area (Å²) in [5, 5.41) is 13.1. The molecule has 1 aromatic carbocycles. The van der Waals surface area contributed by atoms with Gasteiger partial charge in [0, 0.05) is 23.9 Å². The van der Waals surface area contributed by atoms with Gasteiger partial charge in [-0.1, -0.05) is 0 Å². The molecule has 0 bridgehead atoms. The SMILES string of the molecule is COc1ccc(C#N)cc1Cn1cc(CN)cn1. The Balaban J connectivity index is 2.29. The number of nitrogens with two attached hydrogens (primary N) is 1. The summed E-state index contributed by atoms with van der Waals surface area (Å²) < 4.78 is 7.05. The van der Waals surface area contributed by atoms with Gasteiger partial charge in [-0.3, -0.25) is 4.68 Å². The molecule has 0 aliphatic rings. The van der Waals surface area contributed by atoms with Gasteiger partial charge in [0.25, 0.3) is 0 Å². The second kappa shape index (κ2) is 5.34. The molecule has 92 valence electrons. The first kappa shape index (κ1) is 12.1. The molecule has 0 amide bonds. The van der Waals surface area contributed by atoms with E-state index in [1.807, 2.05) is 12.3 Å². The number of hydrogen-bond acceptors (Lipinski definition) is 4. The molecule has 0 radical (unpaired) electrons. The van der Waals surface area contributed by atoms with Crippen molar-refractivity contribution in [2.45, 2.75) is 13.1 Å². The summed E-state index contributed by atoms with van der Waals surface area (Å²) in [5.74, 6) is 0.749. The Hall–Kier alpha value is -2.32. The van der Waals surface area contributed by atoms with E-state index in [9.17, 15) is 0 Å². The van der Waals surface area contributed by atoms with E-state index in [4.69, 9.17) is 15.7 Å². The van der Waals surface area contributed by atoms with E-state index in [0.717, 1.165) is 16.9 Å². The lowest BCUT2D eigenvalue weighted by molar-refractivity contribution is 0.407. The van der Waals surface area contributed by atoms with Gasteiger partial charge in [0.2, 0.25) is 0 Å². The highest BCUT2D eigenvalue weighted by molar-refractivity contribution is 5.42. The molecule has 5 heteroatoms. The molecule has 0 fully saturated rings. The maximum absolute atomic E-state index is 8.90. The van der Waals surface area contributed by atoms with E-state index in [1.165, 1.54) is 0 Å². The van der Waals surface area contributed by atoms with E-state index in [1.54, 1.807) is 30.1 Å². The maximum atomic E-state index is 8.90. The zero-order valence-corrected chi connectivity index (χ0v) is 10.1. The van der Waals surface area contributed by atoms with Gasteiger partial charge >= 0.3 is 0 Å². The molecule has 2 N–H and O–H groups in total. The van der Waals surface area contributed by atoms with Crippen LogP contribution in [-0.4, -0.2) is 16.9 Å². The molecule has 0 saturated heterocycles. The lowest BCUT2D eigenvalue weighted by Gasteiger charge is -2.08. The molecule has 0 unspecified atom stereocenters. The average molecular weight is 242 g/mol. The molecule has 18 heavy (non-hydrogen) atoms. The predicted octanol–water partition coefficient (Wildman–Crippen LogP) is 1.27. The Morgan fingerprint density at radius 3 is 2.94 bits per heavy atom. The van der Waals surface area contributed by atoms with Crippen molar-refractivity contribution in [1.82, 2.24) is 9.78 Å². The Labute approximate surface area is 105 Å². The van der Waals surface area contributed by atoms with Crippen molar-refractivity contribution in [3.05, 3.63) is 47.3 Å². The van der Waals surface area contributed by atoms with E-state index in [-0.39, 0.29) is 0 Å². The van der Waals surface area contributed by atoms with Gasteiger partial charge in [-0.15, -0.1) is 0 Å². The molecule has 0 aliphatic carbocycles. The number of ether oxygens (including phenoxy) is 1. The number of hydrogen-bond donors (Lipinski definition) is 1. The predicted molar refractivity (Wildman–Crippen MR) is 66.9 cm³/mol. The van der Waals surface area contributed by atoms with Crippen molar-refractivity contribution in [3.8, 4) is 11.8 Å². The summed E-state index contributed by atoms with van der Waals surface area (Å²) in [7, 11) is 1.61. The Morgan fingerprint density at radius 1 is 1.50 bits per heavy atom. The minimum Gasteiger partial charge on any atom is -0.496 e. The van der Waals surface area contributed by atoms with Gasteiger partial charge in [0.1, 0.15) is 5.75 Å². The normalized spacial score (nSPS) is 10.1. The number of aromatic nitrogens is 2. The molecule has 2 rings (SSSR count). The molecular weight excluding hydrogens is 228 g/mol. The molecule has 1 aromatic heterocycles. The third-order valence-electron chi connectivity index (χ3n) is 2.66. The monoisotopic (exact) mass is 242 g/mol. The second-order valence-corrected chi connectivity index (χ2v) is 3.89. The van der Waals surface area contributed by atoms with Crippen LogP contribution in [0.25, 0.3) is 0 Å². The molecule has 2 aromatic rings. The second-order valence-electron chi connectivity index (χ2n) is 3.89. The number of nitrogens with zero attached hydrogens (tertiary/aromatic N) is 3. The van der Waals surface area contributed by atoms with Crippen LogP contribution in [0, 0.1) is 11.3 Å². The highest BCUT2D eigenvalue weighted by atomic mass is 16.5. The van der Waals surface area contributed by atoms with Crippen molar-refractivity contribution in [1.29, 1.82) is 5.26 Å². The topological polar surface area (TPSA) is 76.9 Å². The number of nitriles is 1. The van der Waals surface area contributed by atoms with Crippen LogP contribution in [0.5, 0.6) is 5.75 Å². The van der Waals surface area contributed by atoms with Crippen molar-refractivity contribution in [2.75, 3.05) is 7.11 Å². The first-order valence-corrected chi connectivity index (χ1v) is 5.55. The summed E-state index contributed by atoms with van der Waals surface area (Å²) in [6, 6.07) is 7.45. The summed E-state index contributed by atoms with van der Waals surface area (Å²) in [6.45, 7) is 1.02. The molecule has 5 nitrogen and oxygen atoms in total. The van der Waals surface area contributed by atoms with Crippen LogP contribution in [0.15, 0.2) is 30.6 Å². The van der Waals surface area contributed by atoms with Gasteiger partial charge in [-0.25, -0.2) is 0 Å². The van der Waals surface area contributed by atoms with E-state index >= 15 is 0 Å². The van der Waals surface area contributed by atoms with Gasteiger partial charge in [0.05, 0.1) is 31.5 Å². The highest BCUT2D eigenvalue weighted by Crippen LogP contribution is 2.20. The summed E-state index contributed by atoms with van der Waals surface area (Å²) in [6.07, 6.45) is 3.62. The fourth-order valence-corrected chi connectivity index (χ4v) is 1.74. The smallest absolute Gasteiger partial charge is 0.124 e. The summed E-state index contributed by atoms with van der Waals surface area (Å²) in [4.78, 5) is 0. The quantitative estimate of drug-likeness (QED) is 0.875. The molecule has 1 heterocycles. The number of rotatable bonds is 4. The van der Waals surface area contributed by atoms with Gasteiger partial charge in [-0.05, 0) is 18.2 Å². The lowest BCUT2D eigenvalue weighted by atomic mass is 10.1. The van der Waals surface area contributed by atoms with Crippen molar-refractivity contribution in [2.24, 2.45) is 5.73 Å². The molecular formula is C13H14N4O. The van der Waals surface area contributed by atoms with Crippen molar-refractivity contribution in [3.63, 3.8) is 0 Å². The van der Waals surface area contributed by atoms with Crippen molar-refractivity contribution >= 4 is 0 Å². The fourth-order valence-electron chi connectivity index (χ4n) is 1.74. The van der Waals surface area contributed by atoms with Crippen LogP contribution >= 0.6 is 0 Å². The van der Waals surface area contributed by atoms with Crippen LogP contribution in [0.2, 0.25) is 0 Å². The highest BCUT2D eigenvalue weighted by Gasteiger charge is 2.06. The van der Waals surface area contributed by atoms with Crippen LogP contribution in [-0.2, 0) is 13.1 Å². The largest absolute Gasteiger partial charge is 0.496 e. The first-order chi connectivity index (χ1) is 8.76. The summed E-state index contributed by atoms with van der Waals surface area (Å²) >= 11 is 0. The zero-order valence-electron chi connectivity index (χ0n) is 10.1. The summed E-state index contributed by atoms with van der Waals surface area (Å²) in [5.41, 5.74) is 8.04. The van der Waals surface area contributed by atoms with Crippen LogP contribution in [0.3, 0.4) is 0 Å². The molecule has 0 saturated carbocycles. The van der Waals surface area contributed by atoms with Crippen molar-refractivity contribution < 1.29 is 4.74 Å². The third kappa shape index (κ3) is 2.50. The zero-order chi connectivity index (χ0) is 13.0. The Kier molecular flexibility index (Phi) is 3.60. The fraction of sp³-hybridized carbons (Fsp3) is 0.231. The maximum Gasteiger partial charge on any atom is 0.124 e. The minimum atomic E-state index is 0.468.